The van der Waals surface area contributed by atoms with Crippen LogP contribution in [0.5, 0.6) is 0 Å². The van der Waals surface area contributed by atoms with Crippen molar-refractivity contribution in [2.75, 3.05) is 13.2 Å². The van der Waals surface area contributed by atoms with Crippen LogP contribution >= 0.6 is 0 Å². The minimum Gasteiger partial charge on any atom is -0.396 e. The van der Waals surface area contributed by atoms with Crippen LogP contribution in [0.3, 0.4) is 0 Å². The summed E-state index contributed by atoms with van der Waals surface area (Å²) in [6.45, 7) is 0.719. The molecule has 0 aromatic carbocycles. The van der Waals surface area contributed by atoms with E-state index < -0.39 is 6.03 Å². The third kappa shape index (κ3) is 31.5. The highest BCUT2D eigenvalue weighted by atomic mass is 16.3. The van der Waals surface area contributed by atoms with Crippen molar-refractivity contribution in [3.8, 4) is 0 Å². The summed E-state index contributed by atoms with van der Waals surface area (Å²) in [7, 11) is 0. The maximum Gasteiger partial charge on any atom is 0.309 e. The molecule has 0 aromatic heterocycles. The Hall–Kier alpha value is -0.810. The van der Waals surface area contributed by atoms with E-state index >= 15 is 0 Å². The molecular formula is C17H38N2O3. The lowest BCUT2D eigenvalue weighted by Gasteiger charge is -2.02. The number of hydrogen-bond acceptors (Lipinski definition) is 3. The predicted molar refractivity (Wildman–Crippen MR) is 92.6 cm³/mol. The normalized spacial score (nSPS) is 10.1. The van der Waals surface area contributed by atoms with Crippen molar-refractivity contribution >= 4 is 6.03 Å². The molecule has 0 atom stereocenters. The second-order valence-corrected chi connectivity index (χ2v) is 5.80. The fraction of sp³-hybridized carbons (Fsp3) is 0.941. The number of rotatable bonds is 15. The average Bonchev–Trinajstić information content (AvgIpc) is 2.47. The minimum atomic E-state index is -0.833. The fourth-order valence-corrected chi connectivity index (χ4v) is 2.34. The number of primary amides is 2. The summed E-state index contributed by atoms with van der Waals surface area (Å²) >= 11 is 0. The zero-order valence-corrected chi connectivity index (χ0v) is 14.3. The number of urea groups is 1. The molecule has 0 heterocycles. The maximum absolute atomic E-state index is 9.00. The summed E-state index contributed by atoms with van der Waals surface area (Å²) in [5.41, 5.74) is 8.50. The molecular weight excluding hydrogens is 280 g/mol. The van der Waals surface area contributed by atoms with E-state index in [-0.39, 0.29) is 0 Å². The Bertz CT molecular complexity index is 194. The molecule has 0 spiro atoms. The number of unbranched alkanes of at least 4 members (excludes halogenated alkanes) is 13. The molecule has 0 rings (SSSR count). The number of nitrogens with two attached hydrogens (primary N) is 2. The van der Waals surface area contributed by atoms with Crippen molar-refractivity contribution in [3.63, 3.8) is 0 Å². The van der Waals surface area contributed by atoms with Crippen molar-refractivity contribution < 1.29 is 15.0 Å². The molecule has 0 aliphatic carbocycles. The van der Waals surface area contributed by atoms with E-state index in [0.717, 1.165) is 12.8 Å². The first-order chi connectivity index (χ1) is 10.6. The Morgan fingerprint density at radius 3 is 0.773 bits per heavy atom. The van der Waals surface area contributed by atoms with Gasteiger partial charge in [0.1, 0.15) is 0 Å². The first-order valence-corrected chi connectivity index (χ1v) is 8.91. The van der Waals surface area contributed by atoms with Gasteiger partial charge in [0.15, 0.2) is 0 Å². The van der Waals surface area contributed by atoms with Crippen LogP contribution in [0.15, 0.2) is 0 Å². The molecule has 0 radical (unpaired) electrons. The van der Waals surface area contributed by atoms with Crippen LogP contribution in [-0.4, -0.2) is 29.5 Å². The molecule has 2 amide bonds. The zero-order chi connectivity index (χ0) is 16.9. The van der Waals surface area contributed by atoms with Crippen molar-refractivity contribution in [1.29, 1.82) is 0 Å². The topological polar surface area (TPSA) is 110 Å². The van der Waals surface area contributed by atoms with Gasteiger partial charge in [-0.2, -0.15) is 0 Å². The second kappa shape index (κ2) is 22.5. The van der Waals surface area contributed by atoms with Gasteiger partial charge in [-0.25, -0.2) is 4.79 Å². The quantitative estimate of drug-likeness (QED) is 0.347. The lowest BCUT2D eigenvalue weighted by atomic mass is 10.0. The summed E-state index contributed by atoms with van der Waals surface area (Å²) in [6, 6.07) is -0.833. The minimum absolute atomic E-state index is 0.359. The molecule has 0 bridgehead atoms. The molecule has 0 saturated carbocycles. The van der Waals surface area contributed by atoms with E-state index in [1.807, 2.05) is 0 Å². The highest BCUT2D eigenvalue weighted by molar-refractivity contribution is 5.69. The van der Waals surface area contributed by atoms with Crippen molar-refractivity contribution in [1.82, 2.24) is 0 Å². The van der Waals surface area contributed by atoms with Gasteiger partial charge in [0, 0.05) is 13.2 Å². The van der Waals surface area contributed by atoms with Gasteiger partial charge < -0.3 is 21.7 Å². The Morgan fingerprint density at radius 1 is 0.500 bits per heavy atom. The van der Waals surface area contributed by atoms with Gasteiger partial charge >= 0.3 is 6.03 Å². The van der Waals surface area contributed by atoms with Crippen molar-refractivity contribution in [2.24, 2.45) is 11.5 Å². The predicted octanol–water partition coefficient (Wildman–Crippen LogP) is 3.46. The maximum atomic E-state index is 9.00. The van der Waals surface area contributed by atoms with E-state index in [1.165, 1.54) is 77.0 Å². The second-order valence-electron chi connectivity index (χ2n) is 5.80. The van der Waals surface area contributed by atoms with Gasteiger partial charge in [-0.1, -0.05) is 77.0 Å². The average molecular weight is 319 g/mol. The number of hydrogen-bond donors (Lipinski definition) is 4. The van der Waals surface area contributed by atoms with E-state index in [4.69, 9.17) is 15.0 Å². The SMILES string of the molecule is NC(N)=O.OCCCCCCCCCCCCCCCCO. The van der Waals surface area contributed by atoms with E-state index in [2.05, 4.69) is 11.5 Å². The van der Waals surface area contributed by atoms with Crippen LogP contribution < -0.4 is 11.5 Å². The Labute approximate surface area is 136 Å². The molecule has 22 heavy (non-hydrogen) atoms. The molecule has 5 heteroatoms. The first kappa shape index (κ1) is 23.5. The van der Waals surface area contributed by atoms with Gasteiger partial charge in [0.05, 0.1) is 0 Å². The molecule has 0 aromatic rings. The van der Waals surface area contributed by atoms with Crippen molar-refractivity contribution in [3.05, 3.63) is 0 Å². The van der Waals surface area contributed by atoms with Crippen LogP contribution in [0.4, 0.5) is 4.79 Å². The Balaban J connectivity index is 0. The van der Waals surface area contributed by atoms with Crippen molar-refractivity contribution in [2.45, 2.75) is 89.9 Å². The van der Waals surface area contributed by atoms with Crippen LogP contribution in [0.2, 0.25) is 0 Å². The third-order valence-electron chi connectivity index (χ3n) is 3.57. The molecule has 134 valence electrons. The monoisotopic (exact) mass is 318 g/mol. The van der Waals surface area contributed by atoms with Gasteiger partial charge in [-0.3, -0.25) is 0 Å². The summed E-state index contributed by atoms with van der Waals surface area (Å²) in [5.74, 6) is 0. The highest BCUT2D eigenvalue weighted by Crippen LogP contribution is 2.12. The van der Waals surface area contributed by atoms with Crippen LogP contribution in [0.1, 0.15) is 89.9 Å². The summed E-state index contributed by atoms with van der Waals surface area (Å²) < 4.78 is 0. The summed E-state index contributed by atoms with van der Waals surface area (Å²) in [6.07, 6.45) is 18.0. The molecule has 0 fully saturated rings. The van der Waals surface area contributed by atoms with Crippen LogP contribution in [0, 0.1) is 0 Å². The number of aliphatic hydroxyl groups excluding tert-OH is 2. The van der Waals surface area contributed by atoms with Gasteiger partial charge in [0.25, 0.3) is 0 Å². The molecule has 5 nitrogen and oxygen atoms in total. The van der Waals surface area contributed by atoms with E-state index in [1.54, 1.807) is 0 Å². The first-order valence-electron chi connectivity index (χ1n) is 8.91. The summed E-state index contributed by atoms with van der Waals surface area (Å²) in [4.78, 5) is 9.00. The molecule has 0 unspecified atom stereocenters. The number of aliphatic hydroxyl groups is 2. The summed E-state index contributed by atoms with van der Waals surface area (Å²) in [5, 5.41) is 17.3. The largest absolute Gasteiger partial charge is 0.396 e. The lowest BCUT2D eigenvalue weighted by Crippen LogP contribution is -2.18. The van der Waals surface area contributed by atoms with Crippen LogP contribution in [-0.2, 0) is 0 Å². The molecule has 6 N–H and O–H groups in total. The number of carbonyl (C=O) groups excluding carboxylic acids is 1. The highest BCUT2D eigenvalue weighted by Gasteiger charge is 1.93. The fourth-order valence-electron chi connectivity index (χ4n) is 2.34. The van der Waals surface area contributed by atoms with Crippen LogP contribution in [0.25, 0.3) is 0 Å². The van der Waals surface area contributed by atoms with E-state index in [0.29, 0.717) is 13.2 Å². The van der Waals surface area contributed by atoms with Gasteiger partial charge in [0.2, 0.25) is 0 Å². The Kier molecular flexibility index (Phi) is 24.0. The molecule has 0 aliphatic heterocycles. The number of amides is 2. The Morgan fingerprint density at radius 2 is 0.636 bits per heavy atom. The van der Waals surface area contributed by atoms with Gasteiger partial charge in [-0.15, -0.1) is 0 Å². The van der Waals surface area contributed by atoms with E-state index in [9.17, 15) is 0 Å². The third-order valence-corrected chi connectivity index (χ3v) is 3.57. The lowest BCUT2D eigenvalue weighted by molar-refractivity contribution is 0.256. The molecule has 0 aliphatic rings. The standard InChI is InChI=1S/C16H34O2.CH4N2O/c17-15-13-11-9-7-5-3-1-2-4-6-8-10-12-14-16-18;2-1(3)4/h17-18H,1-16H2;(H4,2,3,4). The molecule has 0 saturated heterocycles. The van der Waals surface area contributed by atoms with Gasteiger partial charge in [-0.05, 0) is 12.8 Å². The smallest absolute Gasteiger partial charge is 0.309 e. The zero-order valence-electron chi connectivity index (χ0n) is 14.3. The number of carbonyl (C=O) groups is 1.